The van der Waals surface area contributed by atoms with E-state index in [1.807, 2.05) is 30.3 Å². The van der Waals surface area contributed by atoms with Gasteiger partial charge in [-0.05, 0) is 17.4 Å². The summed E-state index contributed by atoms with van der Waals surface area (Å²) < 4.78 is 32.3. The van der Waals surface area contributed by atoms with Crippen molar-refractivity contribution >= 4 is 11.9 Å². The Morgan fingerprint density at radius 1 is 0.694 bits per heavy atom. The number of hydrogen-bond acceptors (Lipinski definition) is 8. The second kappa shape index (κ2) is 21.1. The number of nitrogens with one attached hydrogen (secondary N) is 1. The van der Waals surface area contributed by atoms with Gasteiger partial charge in [0.2, 0.25) is 5.91 Å². The average Bonchev–Trinajstić information content (AvgIpc) is 2.85. The SMILES string of the molecule is CC(C)(C)CCOCCOCCNC(=O)CCOCCOCCOCCC(=O)OCc1ccccc1. The molecule has 1 amide bonds. The van der Waals surface area contributed by atoms with E-state index in [0.717, 1.165) is 18.6 Å². The lowest BCUT2D eigenvalue weighted by Crippen LogP contribution is -2.28. The minimum atomic E-state index is -0.290. The normalized spacial score (nSPS) is 11.4. The quantitative estimate of drug-likeness (QED) is 0.187. The van der Waals surface area contributed by atoms with E-state index in [0.29, 0.717) is 72.4 Å². The molecule has 0 fully saturated rings. The van der Waals surface area contributed by atoms with Gasteiger partial charge in [-0.1, -0.05) is 51.1 Å². The van der Waals surface area contributed by atoms with Gasteiger partial charge in [-0.3, -0.25) is 9.59 Å². The molecule has 206 valence electrons. The molecule has 1 rings (SSSR count). The first-order chi connectivity index (χ1) is 17.4. The van der Waals surface area contributed by atoms with E-state index in [1.54, 1.807) is 0 Å². The lowest BCUT2D eigenvalue weighted by atomic mass is 9.93. The second-order valence-corrected chi connectivity index (χ2v) is 9.37. The van der Waals surface area contributed by atoms with E-state index in [9.17, 15) is 9.59 Å². The van der Waals surface area contributed by atoms with Crippen molar-refractivity contribution in [3.63, 3.8) is 0 Å². The van der Waals surface area contributed by atoms with E-state index in [2.05, 4.69) is 26.1 Å². The van der Waals surface area contributed by atoms with Crippen LogP contribution < -0.4 is 5.32 Å². The summed E-state index contributed by atoms with van der Waals surface area (Å²) in [6, 6.07) is 9.54. The molecule has 1 aromatic carbocycles. The maximum Gasteiger partial charge on any atom is 0.308 e. The highest BCUT2D eigenvalue weighted by molar-refractivity contribution is 5.75. The first kappa shape index (κ1) is 32.0. The minimum Gasteiger partial charge on any atom is -0.461 e. The van der Waals surface area contributed by atoms with Gasteiger partial charge in [0.15, 0.2) is 0 Å². The monoisotopic (exact) mass is 511 g/mol. The summed E-state index contributed by atoms with van der Waals surface area (Å²) in [5.41, 5.74) is 1.23. The lowest BCUT2D eigenvalue weighted by molar-refractivity contribution is -0.146. The fourth-order valence-corrected chi connectivity index (χ4v) is 2.72. The maximum absolute atomic E-state index is 11.8. The molecule has 0 heterocycles. The Morgan fingerprint density at radius 3 is 1.83 bits per heavy atom. The van der Waals surface area contributed by atoms with E-state index in [-0.39, 0.29) is 30.3 Å². The predicted octanol–water partition coefficient (Wildman–Crippen LogP) is 3.15. The van der Waals surface area contributed by atoms with Crippen molar-refractivity contribution in [2.24, 2.45) is 5.41 Å². The zero-order valence-corrected chi connectivity index (χ0v) is 22.3. The van der Waals surface area contributed by atoms with Gasteiger partial charge >= 0.3 is 5.97 Å². The van der Waals surface area contributed by atoms with E-state index >= 15 is 0 Å². The Balaban J connectivity index is 1.77. The van der Waals surface area contributed by atoms with E-state index in [1.165, 1.54) is 0 Å². The topological polar surface area (TPSA) is 102 Å². The minimum absolute atomic E-state index is 0.0726. The molecular formula is C27H45NO8. The van der Waals surface area contributed by atoms with Crippen molar-refractivity contribution in [3.8, 4) is 0 Å². The van der Waals surface area contributed by atoms with Gasteiger partial charge in [-0.15, -0.1) is 0 Å². The molecule has 0 radical (unpaired) electrons. The summed E-state index contributed by atoms with van der Waals surface area (Å²) in [6.45, 7) is 11.8. The standard InChI is InChI=1S/C27H45NO8/c1-27(2,3)11-15-33-19-20-34-16-12-28-25(29)9-13-31-17-21-35-22-18-32-14-10-26(30)36-23-24-7-5-4-6-8-24/h4-8H,9-23H2,1-3H3,(H,28,29). The van der Waals surface area contributed by atoms with Crippen LogP contribution >= 0.6 is 0 Å². The van der Waals surface area contributed by atoms with Crippen LogP contribution in [-0.2, 0) is 44.6 Å². The second-order valence-electron chi connectivity index (χ2n) is 9.37. The summed E-state index contributed by atoms with van der Waals surface area (Å²) in [5.74, 6) is -0.363. The van der Waals surface area contributed by atoms with Crippen molar-refractivity contribution < 1.29 is 38.0 Å². The fraction of sp³-hybridized carbons (Fsp3) is 0.704. The number of hydrogen-bond donors (Lipinski definition) is 1. The smallest absolute Gasteiger partial charge is 0.308 e. The zero-order valence-electron chi connectivity index (χ0n) is 22.3. The van der Waals surface area contributed by atoms with Gasteiger partial charge in [0, 0.05) is 19.6 Å². The summed E-state index contributed by atoms with van der Waals surface area (Å²) in [6.07, 6.45) is 1.51. The Labute approximate surface area is 216 Å². The maximum atomic E-state index is 11.8. The number of rotatable bonds is 22. The van der Waals surface area contributed by atoms with E-state index in [4.69, 9.17) is 28.4 Å². The van der Waals surface area contributed by atoms with Crippen molar-refractivity contribution in [1.29, 1.82) is 0 Å². The number of esters is 1. The molecular weight excluding hydrogens is 466 g/mol. The summed E-state index contributed by atoms with van der Waals surface area (Å²) in [7, 11) is 0. The lowest BCUT2D eigenvalue weighted by Gasteiger charge is -2.17. The Hall–Kier alpha value is -2.04. The molecule has 0 aliphatic rings. The van der Waals surface area contributed by atoms with Crippen molar-refractivity contribution in [3.05, 3.63) is 35.9 Å². The molecule has 0 saturated heterocycles. The van der Waals surface area contributed by atoms with Crippen LogP contribution in [0.3, 0.4) is 0 Å². The molecule has 0 aromatic heterocycles. The summed E-state index contributed by atoms with van der Waals surface area (Å²) in [5, 5.41) is 2.79. The molecule has 0 saturated carbocycles. The highest BCUT2D eigenvalue weighted by Crippen LogP contribution is 2.17. The predicted molar refractivity (Wildman–Crippen MR) is 137 cm³/mol. The van der Waals surface area contributed by atoms with Crippen LogP contribution in [0.15, 0.2) is 30.3 Å². The van der Waals surface area contributed by atoms with Crippen LogP contribution in [0.5, 0.6) is 0 Å². The number of ether oxygens (including phenoxy) is 6. The molecule has 1 N–H and O–H groups in total. The van der Waals surface area contributed by atoms with Crippen LogP contribution in [0, 0.1) is 5.41 Å². The molecule has 0 aliphatic heterocycles. The van der Waals surface area contributed by atoms with Gasteiger partial charge < -0.3 is 33.7 Å². The third-order valence-electron chi connectivity index (χ3n) is 4.85. The van der Waals surface area contributed by atoms with Crippen LogP contribution in [-0.4, -0.2) is 84.5 Å². The van der Waals surface area contributed by atoms with Crippen molar-refractivity contribution in [2.45, 2.75) is 46.6 Å². The highest BCUT2D eigenvalue weighted by atomic mass is 16.6. The molecule has 0 bridgehead atoms. The van der Waals surface area contributed by atoms with Crippen molar-refractivity contribution in [1.82, 2.24) is 5.32 Å². The van der Waals surface area contributed by atoms with Crippen molar-refractivity contribution in [2.75, 3.05) is 72.6 Å². The molecule has 1 aromatic rings. The van der Waals surface area contributed by atoms with Gasteiger partial charge in [-0.25, -0.2) is 0 Å². The molecule has 9 heteroatoms. The average molecular weight is 512 g/mol. The zero-order chi connectivity index (χ0) is 26.3. The highest BCUT2D eigenvalue weighted by Gasteiger charge is 2.09. The third kappa shape index (κ3) is 21.3. The Kier molecular flexibility index (Phi) is 18.7. The third-order valence-corrected chi connectivity index (χ3v) is 4.85. The first-order valence-electron chi connectivity index (χ1n) is 12.7. The molecule has 0 unspecified atom stereocenters. The van der Waals surface area contributed by atoms with Gasteiger partial charge in [0.25, 0.3) is 0 Å². The molecule has 9 nitrogen and oxygen atoms in total. The fourth-order valence-electron chi connectivity index (χ4n) is 2.72. The number of carbonyl (C=O) groups excluding carboxylic acids is 2. The van der Waals surface area contributed by atoms with Crippen LogP contribution in [0.2, 0.25) is 0 Å². The Morgan fingerprint density at radius 2 is 1.22 bits per heavy atom. The molecule has 0 atom stereocenters. The van der Waals surface area contributed by atoms with Gasteiger partial charge in [-0.2, -0.15) is 0 Å². The Bertz CT molecular complexity index is 678. The molecule has 0 spiro atoms. The molecule has 36 heavy (non-hydrogen) atoms. The number of carbonyl (C=O) groups is 2. The van der Waals surface area contributed by atoms with Crippen LogP contribution in [0.25, 0.3) is 0 Å². The number of amides is 1. The summed E-state index contributed by atoms with van der Waals surface area (Å²) >= 11 is 0. The van der Waals surface area contributed by atoms with Crippen LogP contribution in [0.1, 0.15) is 45.6 Å². The number of benzene rings is 1. The largest absolute Gasteiger partial charge is 0.461 e. The van der Waals surface area contributed by atoms with Crippen LogP contribution in [0.4, 0.5) is 0 Å². The molecule has 0 aliphatic carbocycles. The van der Waals surface area contributed by atoms with Gasteiger partial charge in [0.1, 0.15) is 6.61 Å². The van der Waals surface area contributed by atoms with Gasteiger partial charge in [0.05, 0.1) is 65.9 Å². The first-order valence-corrected chi connectivity index (χ1v) is 12.7. The summed E-state index contributed by atoms with van der Waals surface area (Å²) in [4.78, 5) is 23.4. The van der Waals surface area contributed by atoms with E-state index < -0.39 is 0 Å².